The molecule has 324 valence electrons. The quantitative estimate of drug-likeness (QED) is 0.0665. The Bertz CT molecular complexity index is 2900. The zero-order chi connectivity index (χ0) is 45.5. The minimum absolute atomic E-state index is 0.486. The zero-order valence-electron chi connectivity index (χ0n) is 38.7. The maximum absolute atomic E-state index is 5.52. The summed E-state index contributed by atoms with van der Waals surface area (Å²) < 4.78 is 0. The Morgan fingerprint density at radius 2 is 0.848 bits per heavy atom. The van der Waals surface area contributed by atoms with E-state index in [1.165, 1.54) is 44.5 Å². The number of benzene rings is 7. The van der Waals surface area contributed by atoms with Crippen molar-refractivity contribution in [3.63, 3.8) is 0 Å². The van der Waals surface area contributed by atoms with Gasteiger partial charge in [0.25, 0.3) is 0 Å². The number of hydrogen-bond donors (Lipinski definition) is 0. The number of aliphatic imine (C=N–C) groups is 2. The molecule has 0 aromatic heterocycles. The van der Waals surface area contributed by atoms with Gasteiger partial charge in [-0.25, -0.2) is 9.98 Å². The number of rotatable bonds is 12. The Hall–Kier alpha value is -7.42. The Morgan fingerprint density at radius 3 is 1.30 bits per heavy atom. The van der Waals surface area contributed by atoms with E-state index in [1.807, 2.05) is 0 Å². The molecule has 7 aromatic rings. The standard InChI is InChI=1S/C64H58N2/c1-46-42-47(2)61(48(3)43-46)62(65-49(4)51-26-24-40-59(44-51)63(53-28-12-6-13-29-53,54-30-14-7-15-31-54)55-32-16-8-17-33-55)66-50(5)52-27-25-41-60(45-52)64(56-34-18-9-19-35-56,57-36-20-10-21-37-57)58-38-22-11-23-39-58/h6-9,12-20,22,24-45H,4,10-11,21,23H2,1-3,5H3. The third-order valence-corrected chi connectivity index (χ3v) is 13.4. The van der Waals surface area contributed by atoms with Crippen LogP contribution in [0.1, 0.15) is 99.4 Å². The first-order valence-electron chi connectivity index (χ1n) is 23.4. The second kappa shape index (κ2) is 19.4. The molecule has 2 heteroatoms. The van der Waals surface area contributed by atoms with Crippen LogP contribution in [-0.2, 0) is 10.8 Å². The molecule has 0 unspecified atom stereocenters. The molecule has 0 amide bonds. The van der Waals surface area contributed by atoms with Crippen LogP contribution in [-0.4, -0.2) is 11.5 Å². The maximum atomic E-state index is 5.52. The van der Waals surface area contributed by atoms with Crippen molar-refractivity contribution in [2.45, 2.75) is 64.2 Å². The Labute approximate surface area is 392 Å². The summed E-state index contributed by atoms with van der Waals surface area (Å²) >= 11 is 0. The third kappa shape index (κ3) is 8.36. The molecule has 0 saturated heterocycles. The lowest BCUT2D eigenvalue weighted by atomic mass is 9.62. The highest BCUT2D eigenvalue weighted by Crippen LogP contribution is 2.49. The number of allylic oxidation sites excluding steroid dienone is 8. The lowest BCUT2D eigenvalue weighted by molar-refractivity contribution is 0.717. The predicted molar refractivity (Wildman–Crippen MR) is 280 cm³/mol. The van der Waals surface area contributed by atoms with Crippen LogP contribution in [0, 0.1) is 20.8 Å². The fourth-order valence-electron chi connectivity index (χ4n) is 10.5. The topological polar surface area (TPSA) is 24.7 Å². The van der Waals surface area contributed by atoms with Crippen LogP contribution in [0.4, 0.5) is 0 Å². The molecule has 66 heavy (non-hydrogen) atoms. The van der Waals surface area contributed by atoms with Crippen molar-refractivity contribution in [3.05, 3.63) is 303 Å². The van der Waals surface area contributed by atoms with Crippen molar-refractivity contribution in [3.8, 4) is 0 Å². The molecule has 2 nitrogen and oxygen atoms in total. The monoisotopic (exact) mass is 854 g/mol. The van der Waals surface area contributed by atoms with Crippen LogP contribution in [0.2, 0.25) is 0 Å². The predicted octanol–water partition coefficient (Wildman–Crippen LogP) is 15.8. The van der Waals surface area contributed by atoms with Gasteiger partial charge in [0, 0.05) is 11.3 Å². The Balaban J connectivity index is 1.20. The van der Waals surface area contributed by atoms with Gasteiger partial charge in [-0.15, -0.1) is 0 Å². The summed E-state index contributed by atoms with van der Waals surface area (Å²) in [5.74, 6) is 0.647. The molecule has 9 rings (SSSR count). The number of amidine groups is 1. The van der Waals surface area contributed by atoms with Gasteiger partial charge in [0.2, 0.25) is 0 Å². The second-order valence-corrected chi connectivity index (χ2v) is 17.8. The largest absolute Gasteiger partial charge is 0.233 e. The van der Waals surface area contributed by atoms with Crippen molar-refractivity contribution in [2.24, 2.45) is 9.98 Å². The lowest BCUT2D eigenvalue weighted by Gasteiger charge is -2.40. The van der Waals surface area contributed by atoms with E-state index in [1.54, 1.807) is 0 Å². The molecule has 0 radical (unpaired) electrons. The fourth-order valence-corrected chi connectivity index (χ4v) is 10.5. The molecule has 0 atom stereocenters. The van der Waals surface area contributed by atoms with Gasteiger partial charge in [0.15, 0.2) is 5.84 Å². The summed E-state index contributed by atoms with van der Waals surface area (Å²) in [6, 6.07) is 65.8. The molecule has 0 spiro atoms. The molecular weight excluding hydrogens is 797 g/mol. The zero-order valence-corrected chi connectivity index (χ0v) is 38.7. The van der Waals surface area contributed by atoms with Gasteiger partial charge in [-0.3, -0.25) is 0 Å². The fraction of sp³-hybridized carbons (Fsp3) is 0.156. The van der Waals surface area contributed by atoms with E-state index in [9.17, 15) is 0 Å². The van der Waals surface area contributed by atoms with E-state index in [4.69, 9.17) is 9.98 Å². The molecule has 0 aliphatic heterocycles. The minimum Gasteiger partial charge on any atom is -0.233 e. The average molecular weight is 855 g/mol. The van der Waals surface area contributed by atoms with Gasteiger partial charge in [-0.1, -0.05) is 218 Å². The summed E-state index contributed by atoms with van der Waals surface area (Å²) in [7, 11) is 0. The van der Waals surface area contributed by atoms with E-state index in [0.717, 1.165) is 64.8 Å². The van der Waals surface area contributed by atoms with Crippen LogP contribution in [0.15, 0.2) is 246 Å². The molecule has 0 bridgehead atoms. The first kappa shape index (κ1) is 43.8. The summed E-state index contributed by atoms with van der Waals surface area (Å²) in [5.41, 5.74) is 16.7. The van der Waals surface area contributed by atoms with Crippen LogP contribution in [0.3, 0.4) is 0 Å². The van der Waals surface area contributed by atoms with Crippen LogP contribution in [0.25, 0.3) is 5.70 Å². The minimum atomic E-state index is -0.599. The van der Waals surface area contributed by atoms with Gasteiger partial charge in [0.1, 0.15) is 0 Å². The van der Waals surface area contributed by atoms with Crippen molar-refractivity contribution in [2.75, 3.05) is 0 Å². The van der Waals surface area contributed by atoms with Crippen molar-refractivity contribution in [1.82, 2.24) is 0 Å². The SMILES string of the molecule is C=C(N=C(N=C(C)c1cccc(C(C2=CCCC=C2)(C2=CCCC=C2)c2ccccc2)c1)c1c(C)cc(C)cc1C)c1cccc(C(c2ccccc2)(c2ccccc2)c2ccccc2)c1. The highest BCUT2D eigenvalue weighted by Gasteiger charge is 2.41. The Kier molecular flexibility index (Phi) is 12.9. The number of nitrogens with zero attached hydrogens (tertiary/aromatic N) is 2. The molecule has 2 aliphatic carbocycles. The molecule has 2 aliphatic rings. The summed E-state index contributed by atoms with van der Waals surface area (Å²) in [6.07, 6.45) is 18.4. The van der Waals surface area contributed by atoms with Crippen LogP contribution in [0.5, 0.6) is 0 Å². The summed E-state index contributed by atoms with van der Waals surface area (Å²) in [4.78, 5) is 11.0. The van der Waals surface area contributed by atoms with E-state index in [-0.39, 0.29) is 0 Å². The first-order valence-corrected chi connectivity index (χ1v) is 23.4. The van der Waals surface area contributed by atoms with Gasteiger partial charge in [-0.05, 0) is 132 Å². The maximum Gasteiger partial charge on any atom is 0.160 e. The highest BCUT2D eigenvalue weighted by molar-refractivity contribution is 6.14. The van der Waals surface area contributed by atoms with E-state index < -0.39 is 10.8 Å². The van der Waals surface area contributed by atoms with Gasteiger partial charge in [-0.2, -0.15) is 0 Å². The molecule has 7 aromatic carbocycles. The van der Waals surface area contributed by atoms with Crippen LogP contribution >= 0.6 is 0 Å². The van der Waals surface area contributed by atoms with Gasteiger partial charge >= 0.3 is 0 Å². The summed E-state index contributed by atoms with van der Waals surface area (Å²) in [6.45, 7) is 13.3. The van der Waals surface area contributed by atoms with Gasteiger partial charge < -0.3 is 0 Å². The first-order chi connectivity index (χ1) is 32.3. The summed E-state index contributed by atoms with van der Waals surface area (Å²) in [5, 5.41) is 0. The van der Waals surface area contributed by atoms with E-state index >= 15 is 0 Å². The van der Waals surface area contributed by atoms with Crippen LogP contribution < -0.4 is 0 Å². The van der Waals surface area contributed by atoms with Crippen molar-refractivity contribution < 1.29 is 0 Å². The number of hydrogen-bond acceptors (Lipinski definition) is 1. The molecule has 0 N–H and O–H groups in total. The molecular formula is C64H58N2. The van der Waals surface area contributed by atoms with E-state index in [0.29, 0.717) is 11.5 Å². The smallest absolute Gasteiger partial charge is 0.160 e. The molecule has 0 saturated carbocycles. The average Bonchev–Trinajstić information content (AvgIpc) is 3.36. The Morgan fingerprint density at radius 1 is 0.439 bits per heavy atom. The van der Waals surface area contributed by atoms with Crippen molar-refractivity contribution in [1.29, 1.82) is 0 Å². The lowest BCUT2D eigenvalue weighted by Crippen LogP contribution is -2.33. The molecule has 0 fully saturated rings. The van der Waals surface area contributed by atoms with Gasteiger partial charge in [0.05, 0.1) is 16.5 Å². The van der Waals surface area contributed by atoms with Crippen molar-refractivity contribution >= 4 is 17.2 Å². The second-order valence-electron chi connectivity index (χ2n) is 17.8. The normalized spacial score (nSPS) is 14.4. The third-order valence-electron chi connectivity index (χ3n) is 13.4. The van der Waals surface area contributed by atoms with E-state index in [2.05, 4.69) is 253 Å². The highest BCUT2D eigenvalue weighted by atomic mass is 14.9. The molecule has 0 heterocycles. The number of aryl methyl sites for hydroxylation is 3.